The summed E-state index contributed by atoms with van der Waals surface area (Å²) >= 11 is 1.25. The Kier molecular flexibility index (Phi) is 7.98. The van der Waals surface area contributed by atoms with E-state index in [9.17, 15) is 9.59 Å². The number of carbonyl (C=O) groups is 2. The monoisotopic (exact) mass is 398 g/mol. The SMILES string of the molecule is C=CCOC(=O)c1csc([C@@H](NC(=O)OC(C)(C)C)[C@@H](C)OC(C)(C)C)n1. The molecule has 1 aromatic heterocycles. The molecule has 0 saturated carbocycles. The highest BCUT2D eigenvalue weighted by atomic mass is 32.1. The van der Waals surface area contributed by atoms with Gasteiger partial charge >= 0.3 is 12.1 Å². The molecule has 27 heavy (non-hydrogen) atoms. The van der Waals surface area contributed by atoms with Gasteiger partial charge in [-0.2, -0.15) is 0 Å². The third-order valence-electron chi connectivity index (χ3n) is 3.01. The van der Waals surface area contributed by atoms with Crippen molar-refractivity contribution < 1.29 is 23.8 Å². The number of rotatable bonds is 7. The van der Waals surface area contributed by atoms with Crippen LogP contribution >= 0.6 is 11.3 Å². The Bertz CT molecular complexity index is 658. The van der Waals surface area contributed by atoms with E-state index in [0.29, 0.717) is 5.01 Å². The molecule has 0 bridgehead atoms. The molecular formula is C19H30N2O5S. The molecule has 0 saturated heterocycles. The average Bonchev–Trinajstić information content (AvgIpc) is 2.96. The Hall–Kier alpha value is -1.93. The van der Waals surface area contributed by atoms with E-state index in [0.717, 1.165) is 0 Å². The maximum atomic E-state index is 12.3. The van der Waals surface area contributed by atoms with E-state index in [-0.39, 0.29) is 12.3 Å². The zero-order chi connectivity index (χ0) is 20.8. The van der Waals surface area contributed by atoms with Gasteiger partial charge in [-0.1, -0.05) is 12.7 Å². The van der Waals surface area contributed by atoms with E-state index in [2.05, 4.69) is 16.9 Å². The maximum Gasteiger partial charge on any atom is 0.408 e. The Morgan fingerprint density at radius 1 is 1.26 bits per heavy atom. The number of esters is 1. The third-order valence-corrected chi connectivity index (χ3v) is 3.94. The molecule has 7 nitrogen and oxygen atoms in total. The summed E-state index contributed by atoms with van der Waals surface area (Å²) in [5.74, 6) is -0.544. The van der Waals surface area contributed by atoms with Gasteiger partial charge in [-0.05, 0) is 48.5 Å². The van der Waals surface area contributed by atoms with Gasteiger partial charge in [-0.25, -0.2) is 14.6 Å². The van der Waals surface area contributed by atoms with Crippen molar-refractivity contribution in [2.45, 2.75) is 71.8 Å². The number of thiazole rings is 1. The molecule has 1 aromatic rings. The van der Waals surface area contributed by atoms with Crippen LogP contribution in [0.3, 0.4) is 0 Å². The number of aromatic nitrogens is 1. The van der Waals surface area contributed by atoms with Crippen LogP contribution in [0, 0.1) is 0 Å². The van der Waals surface area contributed by atoms with Crippen LogP contribution in [-0.4, -0.2) is 41.0 Å². The summed E-state index contributed by atoms with van der Waals surface area (Å²) in [6.07, 6.45) is 0.501. The summed E-state index contributed by atoms with van der Waals surface area (Å²) in [5, 5.41) is 4.92. The molecule has 0 aliphatic rings. The molecule has 1 N–H and O–H groups in total. The van der Waals surface area contributed by atoms with Crippen LogP contribution < -0.4 is 5.32 Å². The second kappa shape index (κ2) is 9.32. The zero-order valence-corrected chi connectivity index (χ0v) is 17.9. The Labute approximate surface area is 165 Å². The standard InChI is InChI=1S/C19H30N2O5S/c1-9-10-24-16(22)13-11-27-15(20-13)14(12(2)25-18(3,4)5)21-17(23)26-19(6,7)8/h9,11-12,14H,1,10H2,2-8H3,(H,21,23)/t12-,14+/m1/s1. The minimum atomic E-state index is -0.634. The summed E-state index contributed by atoms with van der Waals surface area (Å²) < 4.78 is 16.3. The number of hydrogen-bond acceptors (Lipinski definition) is 7. The van der Waals surface area contributed by atoms with Crippen LogP contribution in [0.25, 0.3) is 0 Å². The molecule has 1 rings (SSSR count). The molecule has 2 atom stereocenters. The smallest absolute Gasteiger partial charge is 0.408 e. The number of alkyl carbamates (subject to hydrolysis) is 1. The Morgan fingerprint density at radius 3 is 2.41 bits per heavy atom. The van der Waals surface area contributed by atoms with Crippen molar-refractivity contribution in [2.75, 3.05) is 6.61 Å². The predicted octanol–water partition coefficient (Wildman–Crippen LogP) is 4.26. The topological polar surface area (TPSA) is 86.8 Å². The van der Waals surface area contributed by atoms with E-state index < -0.39 is 35.4 Å². The molecule has 8 heteroatoms. The molecule has 1 amide bonds. The number of nitrogens with zero attached hydrogens (tertiary/aromatic N) is 1. The number of carbonyl (C=O) groups excluding carboxylic acids is 2. The highest BCUT2D eigenvalue weighted by molar-refractivity contribution is 7.09. The third kappa shape index (κ3) is 8.53. The molecule has 1 heterocycles. The number of amides is 1. The van der Waals surface area contributed by atoms with E-state index >= 15 is 0 Å². The lowest BCUT2D eigenvalue weighted by atomic mass is 10.1. The number of ether oxygens (including phenoxy) is 3. The van der Waals surface area contributed by atoms with Gasteiger partial charge in [0.15, 0.2) is 5.69 Å². The van der Waals surface area contributed by atoms with Gasteiger partial charge < -0.3 is 19.5 Å². The van der Waals surface area contributed by atoms with Crippen LogP contribution in [0.15, 0.2) is 18.0 Å². The molecule has 0 fully saturated rings. The van der Waals surface area contributed by atoms with Crippen molar-refractivity contribution in [2.24, 2.45) is 0 Å². The summed E-state index contributed by atoms with van der Waals surface area (Å²) in [6, 6.07) is -0.579. The van der Waals surface area contributed by atoms with Crippen molar-refractivity contribution in [3.63, 3.8) is 0 Å². The second-order valence-corrected chi connectivity index (χ2v) is 8.91. The van der Waals surface area contributed by atoms with Crippen molar-refractivity contribution >= 4 is 23.4 Å². The Balaban J connectivity index is 3.03. The molecule has 0 aliphatic carbocycles. The minimum Gasteiger partial charge on any atom is -0.457 e. The highest BCUT2D eigenvalue weighted by Crippen LogP contribution is 2.27. The first-order chi connectivity index (χ1) is 12.3. The molecule has 0 aromatic carbocycles. The zero-order valence-electron chi connectivity index (χ0n) is 17.1. The van der Waals surface area contributed by atoms with E-state index in [1.807, 2.05) is 27.7 Å². The fourth-order valence-electron chi connectivity index (χ4n) is 2.17. The van der Waals surface area contributed by atoms with E-state index in [1.165, 1.54) is 17.4 Å². The first kappa shape index (κ1) is 23.1. The largest absolute Gasteiger partial charge is 0.457 e. The first-order valence-corrected chi connectivity index (χ1v) is 9.61. The fraction of sp³-hybridized carbons (Fsp3) is 0.632. The van der Waals surface area contributed by atoms with Gasteiger partial charge in [-0.15, -0.1) is 11.3 Å². The van der Waals surface area contributed by atoms with Gasteiger partial charge in [0, 0.05) is 5.38 Å². The molecule has 152 valence electrons. The summed E-state index contributed by atoms with van der Waals surface area (Å²) in [6.45, 7) is 16.6. The van der Waals surface area contributed by atoms with Gasteiger partial charge in [0.05, 0.1) is 11.7 Å². The quantitative estimate of drug-likeness (QED) is 0.546. The van der Waals surface area contributed by atoms with Gasteiger partial charge in [0.25, 0.3) is 0 Å². The lowest BCUT2D eigenvalue weighted by Crippen LogP contribution is -2.41. The molecule has 0 unspecified atom stereocenters. The molecule has 0 aliphatic heterocycles. The normalized spacial score (nSPS) is 14.2. The lowest BCUT2D eigenvalue weighted by Gasteiger charge is -2.31. The maximum absolute atomic E-state index is 12.3. The molecular weight excluding hydrogens is 368 g/mol. The summed E-state index contributed by atoms with van der Waals surface area (Å²) in [4.78, 5) is 28.6. The van der Waals surface area contributed by atoms with E-state index in [1.54, 1.807) is 26.2 Å². The van der Waals surface area contributed by atoms with Crippen LogP contribution in [0.4, 0.5) is 4.79 Å². The van der Waals surface area contributed by atoms with Crippen LogP contribution in [0.2, 0.25) is 0 Å². The van der Waals surface area contributed by atoms with Gasteiger partial charge in [-0.3, -0.25) is 0 Å². The van der Waals surface area contributed by atoms with Gasteiger partial charge in [0.2, 0.25) is 0 Å². The Morgan fingerprint density at radius 2 is 1.89 bits per heavy atom. The first-order valence-electron chi connectivity index (χ1n) is 8.73. The van der Waals surface area contributed by atoms with Crippen molar-refractivity contribution in [1.82, 2.24) is 10.3 Å². The number of nitrogens with one attached hydrogen (secondary N) is 1. The van der Waals surface area contributed by atoms with Crippen molar-refractivity contribution in [1.29, 1.82) is 0 Å². The lowest BCUT2D eigenvalue weighted by molar-refractivity contribution is -0.0677. The molecule has 0 spiro atoms. The minimum absolute atomic E-state index is 0.106. The highest BCUT2D eigenvalue weighted by Gasteiger charge is 2.31. The van der Waals surface area contributed by atoms with Crippen molar-refractivity contribution in [3.05, 3.63) is 28.7 Å². The van der Waals surface area contributed by atoms with Crippen LogP contribution in [0.5, 0.6) is 0 Å². The van der Waals surface area contributed by atoms with Gasteiger partial charge in [0.1, 0.15) is 23.3 Å². The van der Waals surface area contributed by atoms with Crippen LogP contribution in [0.1, 0.15) is 70.0 Å². The predicted molar refractivity (Wildman–Crippen MR) is 105 cm³/mol. The molecule has 0 radical (unpaired) electrons. The van der Waals surface area contributed by atoms with E-state index in [4.69, 9.17) is 14.2 Å². The summed E-state index contributed by atoms with van der Waals surface area (Å²) in [7, 11) is 0. The van der Waals surface area contributed by atoms with Crippen molar-refractivity contribution in [3.8, 4) is 0 Å². The number of hydrogen-bond donors (Lipinski definition) is 1. The average molecular weight is 399 g/mol. The summed E-state index contributed by atoms with van der Waals surface area (Å²) in [5.41, 5.74) is -0.877. The fourth-order valence-corrected chi connectivity index (χ4v) is 3.10. The van der Waals surface area contributed by atoms with Crippen LogP contribution in [-0.2, 0) is 14.2 Å². The second-order valence-electron chi connectivity index (χ2n) is 8.02.